The van der Waals surface area contributed by atoms with Gasteiger partial charge in [0.2, 0.25) is 5.95 Å². The minimum atomic E-state index is -0.842. The molecule has 4 atom stereocenters. The van der Waals surface area contributed by atoms with Crippen molar-refractivity contribution in [3.05, 3.63) is 120 Å². The van der Waals surface area contributed by atoms with Crippen LogP contribution in [0.5, 0.6) is 0 Å². The smallest absolute Gasteiger partial charge is 0.328 e. The predicted octanol–water partition coefficient (Wildman–Crippen LogP) is 4.24. The largest absolute Gasteiger partial charge is 0.467 e. The summed E-state index contributed by atoms with van der Waals surface area (Å²) in [6.07, 6.45) is 3.59. The van der Waals surface area contributed by atoms with E-state index in [2.05, 4.69) is 30.4 Å². The van der Waals surface area contributed by atoms with Gasteiger partial charge in [-0.05, 0) is 34.9 Å². The number of nitrogens with zero attached hydrogens (tertiary/aromatic N) is 4. The highest BCUT2D eigenvalue weighted by molar-refractivity contribution is 5.92. The van der Waals surface area contributed by atoms with E-state index in [1.807, 2.05) is 72.8 Å². The van der Waals surface area contributed by atoms with Gasteiger partial charge >= 0.3 is 12.0 Å². The molecule has 2 aliphatic heterocycles. The average Bonchev–Trinajstić information content (AvgIpc) is 3.15. The summed E-state index contributed by atoms with van der Waals surface area (Å²) in [5.41, 5.74) is 4.13. The van der Waals surface area contributed by atoms with Gasteiger partial charge in [0.1, 0.15) is 6.04 Å². The maximum Gasteiger partial charge on any atom is 0.328 e. The fraction of sp³-hybridized carbons (Fsp3) is 0.351. The van der Waals surface area contributed by atoms with E-state index in [1.54, 1.807) is 24.5 Å². The second kappa shape index (κ2) is 16.5. The number of amides is 2. The van der Waals surface area contributed by atoms with E-state index in [9.17, 15) is 14.7 Å². The van der Waals surface area contributed by atoms with Crippen LogP contribution < -0.4 is 15.5 Å². The van der Waals surface area contributed by atoms with Crippen molar-refractivity contribution >= 4 is 23.6 Å². The van der Waals surface area contributed by atoms with Crippen LogP contribution in [0.2, 0.25) is 0 Å². The van der Waals surface area contributed by atoms with Gasteiger partial charge < -0.3 is 34.9 Å². The normalized spacial score (nSPS) is 20.3. The van der Waals surface area contributed by atoms with E-state index in [0.29, 0.717) is 18.5 Å². The van der Waals surface area contributed by atoms with Crippen molar-refractivity contribution in [3.8, 4) is 0 Å². The lowest BCUT2D eigenvalue weighted by molar-refractivity contribution is -0.253. The first-order valence-corrected chi connectivity index (χ1v) is 16.5. The Labute approximate surface area is 286 Å². The van der Waals surface area contributed by atoms with Crippen LogP contribution >= 0.6 is 0 Å². The fourth-order valence-electron chi connectivity index (χ4n) is 6.14. The maximum absolute atomic E-state index is 12.9. The average molecular weight is 667 g/mol. The molecule has 2 fully saturated rings. The summed E-state index contributed by atoms with van der Waals surface area (Å²) >= 11 is 0. The highest BCUT2D eigenvalue weighted by Crippen LogP contribution is 2.38. The molecule has 12 heteroatoms. The van der Waals surface area contributed by atoms with Crippen LogP contribution in [-0.2, 0) is 32.0 Å². The van der Waals surface area contributed by atoms with Gasteiger partial charge in [-0.3, -0.25) is 4.90 Å². The van der Waals surface area contributed by atoms with E-state index >= 15 is 0 Å². The summed E-state index contributed by atoms with van der Waals surface area (Å²) in [5, 5.41) is 15.1. The molecule has 49 heavy (non-hydrogen) atoms. The van der Waals surface area contributed by atoms with Gasteiger partial charge in [0, 0.05) is 69.2 Å². The molecule has 2 aliphatic rings. The summed E-state index contributed by atoms with van der Waals surface area (Å²) in [7, 11) is 1.30. The zero-order valence-electron chi connectivity index (χ0n) is 27.5. The minimum absolute atomic E-state index is 0.0189. The molecule has 0 aliphatic carbocycles. The zero-order chi connectivity index (χ0) is 34.0. The number of anilines is 2. The monoisotopic (exact) mass is 666 g/mol. The molecule has 2 saturated heterocycles. The number of hydrogen-bond acceptors (Lipinski definition) is 10. The number of esters is 1. The van der Waals surface area contributed by atoms with E-state index < -0.39 is 24.3 Å². The van der Waals surface area contributed by atoms with Gasteiger partial charge in [-0.15, -0.1) is 0 Å². The van der Waals surface area contributed by atoms with Crippen LogP contribution in [0.25, 0.3) is 0 Å². The lowest BCUT2D eigenvalue weighted by atomic mass is 9.99. The molecular weight excluding hydrogens is 624 g/mol. The lowest BCUT2D eigenvalue weighted by Gasteiger charge is -2.40. The molecule has 3 N–H and O–H groups in total. The number of urea groups is 1. The first kappa shape index (κ1) is 34.0. The molecule has 2 amide bonds. The lowest BCUT2D eigenvalue weighted by Crippen LogP contribution is -2.50. The topological polar surface area (TPSA) is 138 Å². The molecule has 1 aromatic heterocycles. The Balaban J connectivity index is 1.10. The van der Waals surface area contributed by atoms with Crippen molar-refractivity contribution in [2.75, 3.05) is 50.1 Å². The van der Waals surface area contributed by atoms with Gasteiger partial charge in [0.05, 0.1) is 25.9 Å². The number of rotatable bonds is 11. The first-order chi connectivity index (χ1) is 24.0. The van der Waals surface area contributed by atoms with Crippen molar-refractivity contribution in [2.24, 2.45) is 0 Å². The third-order valence-corrected chi connectivity index (χ3v) is 8.80. The Bertz CT molecular complexity index is 1640. The second-order valence-corrected chi connectivity index (χ2v) is 12.2. The summed E-state index contributed by atoms with van der Waals surface area (Å²) in [5.74, 6) is 0.227. The Kier molecular flexibility index (Phi) is 11.4. The van der Waals surface area contributed by atoms with E-state index in [0.717, 1.165) is 60.9 Å². The number of aliphatic hydroxyl groups is 1. The van der Waals surface area contributed by atoms with Crippen molar-refractivity contribution < 1.29 is 28.9 Å². The highest BCUT2D eigenvalue weighted by Gasteiger charge is 2.34. The number of aromatic nitrogens is 2. The quantitative estimate of drug-likeness (QED) is 0.199. The van der Waals surface area contributed by atoms with E-state index in [1.165, 1.54) is 7.11 Å². The van der Waals surface area contributed by atoms with Gasteiger partial charge in [-0.2, -0.15) is 0 Å². The number of ether oxygens (including phenoxy) is 3. The van der Waals surface area contributed by atoms with E-state index in [-0.39, 0.29) is 18.8 Å². The standard InChI is InChI=1S/C37H42N6O6/c1-47-34(45)32(22-26-6-3-2-4-7-26)41-37(46)40-30-14-12-29(13-15-30)35-48-31(23-33(49-35)28-10-8-27(25-44)9-11-28)24-42-18-20-43(21-19-42)36-38-16-5-17-39-36/h2-17,31-33,35,44H,18-25H2,1H3,(H2,40,41,46)/t31-,32-,33+,35+/m0/s1. The molecule has 12 nitrogen and oxygen atoms in total. The van der Waals surface area contributed by atoms with Crippen LogP contribution in [0, 0.1) is 0 Å². The molecule has 4 aromatic rings. The van der Waals surface area contributed by atoms with Crippen LogP contribution in [-0.4, -0.2) is 84.0 Å². The second-order valence-electron chi connectivity index (χ2n) is 12.2. The Morgan fingerprint density at radius 1 is 0.878 bits per heavy atom. The number of carbonyl (C=O) groups is 2. The van der Waals surface area contributed by atoms with Crippen LogP contribution in [0.15, 0.2) is 97.3 Å². The summed E-state index contributed by atoms with van der Waals surface area (Å²) in [6.45, 7) is 4.12. The first-order valence-electron chi connectivity index (χ1n) is 16.5. The molecule has 0 unspecified atom stereocenters. The molecule has 3 aromatic carbocycles. The Hall–Kier alpha value is -4.88. The van der Waals surface area contributed by atoms with Crippen molar-refractivity contribution in [2.45, 2.75) is 44.0 Å². The van der Waals surface area contributed by atoms with Crippen LogP contribution in [0.3, 0.4) is 0 Å². The van der Waals surface area contributed by atoms with Crippen molar-refractivity contribution in [1.29, 1.82) is 0 Å². The number of hydrogen-bond donors (Lipinski definition) is 3. The third kappa shape index (κ3) is 9.18. The van der Waals surface area contributed by atoms with Gasteiger partial charge in [-0.1, -0.05) is 66.7 Å². The summed E-state index contributed by atoms with van der Waals surface area (Å²) < 4.78 is 18.0. The number of nitrogens with one attached hydrogen (secondary N) is 2. The number of benzene rings is 3. The maximum atomic E-state index is 12.9. The molecule has 256 valence electrons. The number of piperazine rings is 1. The number of carbonyl (C=O) groups excluding carboxylic acids is 2. The third-order valence-electron chi connectivity index (χ3n) is 8.80. The molecule has 0 saturated carbocycles. The molecular formula is C37H42N6O6. The highest BCUT2D eigenvalue weighted by atomic mass is 16.7. The molecule has 6 rings (SSSR count). The molecule has 3 heterocycles. The van der Waals surface area contributed by atoms with Crippen LogP contribution in [0.1, 0.15) is 41.1 Å². The molecule has 0 spiro atoms. The molecule has 0 radical (unpaired) electrons. The summed E-state index contributed by atoms with van der Waals surface area (Å²) in [4.78, 5) is 38.7. The number of methoxy groups -OCH3 is 1. The summed E-state index contributed by atoms with van der Waals surface area (Å²) in [6, 6.07) is 25.0. The SMILES string of the molecule is COC(=O)[C@H](Cc1ccccc1)NC(=O)Nc1ccc([C@@H]2O[C@H](CN3CCN(c4ncccn4)CC3)C[C@H](c3ccc(CO)cc3)O2)cc1. The van der Waals surface area contributed by atoms with Crippen molar-refractivity contribution in [3.63, 3.8) is 0 Å². The van der Waals surface area contributed by atoms with Gasteiger partial charge in [0.25, 0.3) is 0 Å². The van der Waals surface area contributed by atoms with Crippen LogP contribution in [0.4, 0.5) is 16.4 Å². The predicted molar refractivity (Wildman–Crippen MR) is 184 cm³/mol. The zero-order valence-corrected chi connectivity index (χ0v) is 27.5. The minimum Gasteiger partial charge on any atom is -0.467 e. The van der Waals surface area contributed by atoms with Gasteiger partial charge in [-0.25, -0.2) is 19.6 Å². The van der Waals surface area contributed by atoms with Gasteiger partial charge in [0.15, 0.2) is 6.29 Å². The Morgan fingerprint density at radius 3 is 2.24 bits per heavy atom. The Morgan fingerprint density at radius 2 is 1.57 bits per heavy atom. The number of aliphatic hydroxyl groups excluding tert-OH is 1. The van der Waals surface area contributed by atoms with E-state index in [4.69, 9.17) is 14.2 Å². The van der Waals surface area contributed by atoms with Crippen molar-refractivity contribution in [1.82, 2.24) is 20.2 Å². The molecule has 0 bridgehead atoms. The fourth-order valence-corrected chi connectivity index (χ4v) is 6.14.